The second-order valence-electron chi connectivity index (χ2n) is 8.91. The lowest BCUT2D eigenvalue weighted by molar-refractivity contribution is 0.0983. The van der Waals surface area contributed by atoms with Gasteiger partial charge in [-0.05, 0) is 43.9 Å². The number of aromatic amines is 1. The quantitative estimate of drug-likeness (QED) is 0.609. The number of hydrogen-bond acceptors (Lipinski definition) is 6. The zero-order valence-electron chi connectivity index (χ0n) is 19.4. The molecule has 2 aromatic heterocycles. The van der Waals surface area contributed by atoms with E-state index in [4.69, 9.17) is 5.73 Å². The standard InChI is InChI=1S/C23H30N6O3/c1-12(2)10-28(19-20(24)29(11-13(3)4)23(32)27-21(19)30)22(31)16-7-8-17-18(9-16)26-15(6)14(5)25-17/h7-9,12-13H,10-11,24H2,1-6H3,(H,27,30,32). The molecule has 0 unspecified atom stereocenters. The molecular formula is C23H30N6O3. The first kappa shape index (κ1) is 23.2. The summed E-state index contributed by atoms with van der Waals surface area (Å²) < 4.78 is 1.31. The molecular weight excluding hydrogens is 408 g/mol. The number of aromatic nitrogens is 4. The first-order valence-electron chi connectivity index (χ1n) is 10.7. The molecule has 9 heteroatoms. The van der Waals surface area contributed by atoms with Gasteiger partial charge < -0.3 is 10.6 Å². The van der Waals surface area contributed by atoms with Crippen LogP contribution in [0.2, 0.25) is 0 Å². The number of carbonyl (C=O) groups excluding carboxylic acids is 1. The van der Waals surface area contributed by atoms with Gasteiger partial charge in [-0.3, -0.25) is 19.1 Å². The fourth-order valence-electron chi connectivity index (χ4n) is 3.55. The van der Waals surface area contributed by atoms with Gasteiger partial charge in [0, 0.05) is 18.7 Å². The molecule has 170 valence electrons. The van der Waals surface area contributed by atoms with Gasteiger partial charge in [-0.15, -0.1) is 0 Å². The van der Waals surface area contributed by atoms with E-state index in [2.05, 4.69) is 15.0 Å². The lowest BCUT2D eigenvalue weighted by Crippen LogP contribution is -2.43. The summed E-state index contributed by atoms with van der Waals surface area (Å²) in [5, 5.41) is 0. The minimum Gasteiger partial charge on any atom is -0.383 e. The Balaban J connectivity index is 2.16. The van der Waals surface area contributed by atoms with Crippen LogP contribution < -0.4 is 21.9 Å². The van der Waals surface area contributed by atoms with E-state index in [0.29, 0.717) is 23.1 Å². The van der Waals surface area contributed by atoms with Gasteiger partial charge in [-0.2, -0.15) is 0 Å². The normalized spacial score (nSPS) is 11.5. The van der Waals surface area contributed by atoms with Crippen LogP contribution in [0.1, 0.15) is 49.4 Å². The molecule has 9 nitrogen and oxygen atoms in total. The van der Waals surface area contributed by atoms with Gasteiger partial charge in [0.15, 0.2) is 5.69 Å². The molecule has 0 spiro atoms. The van der Waals surface area contributed by atoms with Crippen LogP contribution in [0.15, 0.2) is 27.8 Å². The Morgan fingerprint density at radius 1 is 1.06 bits per heavy atom. The summed E-state index contributed by atoms with van der Waals surface area (Å²) in [4.78, 5) is 51.4. The summed E-state index contributed by atoms with van der Waals surface area (Å²) in [5.74, 6) is -0.247. The third-order valence-corrected chi connectivity index (χ3v) is 5.15. The van der Waals surface area contributed by atoms with Crippen molar-refractivity contribution in [1.29, 1.82) is 0 Å². The van der Waals surface area contributed by atoms with Crippen LogP contribution in [0.3, 0.4) is 0 Å². The van der Waals surface area contributed by atoms with Crippen LogP contribution in [-0.2, 0) is 6.54 Å². The number of rotatable bonds is 6. The van der Waals surface area contributed by atoms with Crippen LogP contribution >= 0.6 is 0 Å². The number of nitrogens with two attached hydrogens (primary N) is 1. The Labute approximate surface area is 186 Å². The highest BCUT2D eigenvalue weighted by Gasteiger charge is 2.26. The van der Waals surface area contributed by atoms with Crippen molar-refractivity contribution in [2.45, 2.75) is 48.1 Å². The Morgan fingerprint density at radius 2 is 1.69 bits per heavy atom. The van der Waals surface area contributed by atoms with Gasteiger partial charge in [0.2, 0.25) is 0 Å². The number of hydrogen-bond donors (Lipinski definition) is 2. The van der Waals surface area contributed by atoms with Crippen molar-refractivity contribution in [3.8, 4) is 0 Å². The van der Waals surface area contributed by atoms with Crippen molar-refractivity contribution in [1.82, 2.24) is 19.5 Å². The van der Waals surface area contributed by atoms with Gasteiger partial charge in [0.25, 0.3) is 11.5 Å². The molecule has 0 saturated heterocycles. The van der Waals surface area contributed by atoms with Crippen molar-refractivity contribution >= 4 is 28.4 Å². The summed E-state index contributed by atoms with van der Waals surface area (Å²) >= 11 is 0. The molecule has 1 amide bonds. The summed E-state index contributed by atoms with van der Waals surface area (Å²) in [6.07, 6.45) is 0. The number of H-pyrrole nitrogens is 1. The first-order valence-corrected chi connectivity index (χ1v) is 10.7. The number of benzene rings is 1. The van der Waals surface area contributed by atoms with Crippen LogP contribution in [0, 0.1) is 25.7 Å². The maximum Gasteiger partial charge on any atom is 0.330 e. The van der Waals surface area contributed by atoms with Crippen molar-refractivity contribution in [2.24, 2.45) is 11.8 Å². The zero-order chi connectivity index (χ0) is 23.7. The molecule has 2 heterocycles. The van der Waals surface area contributed by atoms with Crippen LogP contribution in [-0.4, -0.2) is 32.0 Å². The number of fused-ring (bicyclic) bond motifs is 1. The Bertz CT molecular complexity index is 1290. The zero-order valence-corrected chi connectivity index (χ0v) is 19.4. The minimum atomic E-state index is -0.687. The van der Waals surface area contributed by atoms with Crippen molar-refractivity contribution < 1.29 is 4.79 Å². The molecule has 0 aliphatic heterocycles. The smallest absolute Gasteiger partial charge is 0.330 e. The van der Waals surface area contributed by atoms with E-state index in [-0.39, 0.29) is 29.9 Å². The maximum absolute atomic E-state index is 13.6. The van der Waals surface area contributed by atoms with Crippen molar-refractivity contribution in [3.63, 3.8) is 0 Å². The number of nitrogens with zero attached hydrogens (tertiary/aromatic N) is 4. The number of nitrogens with one attached hydrogen (secondary N) is 1. The lowest BCUT2D eigenvalue weighted by atomic mass is 10.1. The molecule has 0 aliphatic rings. The molecule has 3 N–H and O–H groups in total. The molecule has 1 aromatic carbocycles. The van der Waals surface area contributed by atoms with Gasteiger partial charge in [0.1, 0.15) is 5.82 Å². The minimum absolute atomic E-state index is 0.0183. The topological polar surface area (TPSA) is 127 Å². The molecule has 0 bridgehead atoms. The van der Waals surface area contributed by atoms with Gasteiger partial charge >= 0.3 is 5.69 Å². The number of anilines is 2. The monoisotopic (exact) mass is 438 g/mol. The summed E-state index contributed by atoms with van der Waals surface area (Å²) in [5.41, 5.74) is 8.22. The third kappa shape index (κ3) is 4.56. The molecule has 32 heavy (non-hydrogen) atoms. The first-order chi connectivity index (χ1) is 15.0. The number of carbonyl (C=O) groups is 1. The molecule has 0 aliphatic carbocycles. The van der Waals surface area contributed by atoms with Gasteiger partial charge in [-0.1, -0.05) is 27.7 Å². The molecule has 3 aromatic rings. The Morgan fingerprint density at radius 3 is 2.28 bits per heavy atom. The fourth-order valence-corrected chi connectivity index (χ4v) is 3.55. The third-order valence-electron chi connectivity index (χ3n) is 5.15. The Kier molecular flexibility index (Phi) is 6.47. The molecule has 0 fully saturated rings. The number of nitrogen functional groups attached to an aromatic ring is 1. The predicted octanol–water partition coefficient (Wildman–Crippen LogP) is 2.64. The number of aryl methyl sites for hydroxylation is 2. The average molecular weight is 439 g/mol. The van der Waals surface area contributed by atoms with E-state index >= 15 is 0 Å². The van der Waals surface area contributed by atoms with E-state index < -0.39 is 17.2 Å². The highest BCUT2D eigenvalue weighted by atomic mass is 16.2. The van der Waals surface area contributed by atoms with E-state index in [0.717, 1.165) is 11.4 Å². The SMILES string of the molecule is Cc1nc2ccc(C(=O)N(CC(C)C)c3c(N)n(CC(C)C)c(=O)[nH]c3=O)cc2nc1C. The lowest BCUT2D eigenvalue weighted by Gasteiger charge is -2.26. The van der Waals surface area contributed by atoms with Gasteiger partial charge in [-0.25, -0.2) is 14.8 Å². The van der Waals surface area contributed by atoms with Gasteiger partial charge in [0.05, 0.1) is 22.4 Å². The second-order valence-corrected chi connectivity index (χ2v) is 8.91. The highest BCUT2D eigenvalue weighted by Crippen LogP contribution is 2.23. The predicted molar refractivity (Wildman–Crippen MR) is 126 cm³/mol. The summed E-state index contributed by atoms with van der Waals surface area (Å²) in [7, 11) is 0. The van der Waals surface area contributed by atoms with E-state index in [1.807, 2.05) is 41.5 Å². The molecule has 3 rings (SSSR count). The van der Waals surface area contributed by atoms with Crippen molar-refractivity contribution in [3.05, 3.63) is 56.0 Å². The largest absolute Gasteiger partial charge is 0.383 e. The van der Waals surface area contributed by atoms with E-state index in [9.17, 15) is 14.4 Å². The molecule has 0 radical (unpaired) electrons. The average Bonchev–Trinajstić information content (AvgIpc) is 2.70. The number of amides is 1. The summed E-state index contributed by atoms with van der Waals surface area (Å²) in [6, 6.07) is 5.07. The van der Waals surface area contributed by atoms with Crippen LogP contribution in [0.25, 0.3) is 11.0 Å². The van der Waals surface area contributed by atoms with Crippen LogP contribution in [0.4, 0.5) is 11.5 Å². The summed E-state index contributed by atoms with van der Waals surface area (Å²) in [6.45, 7) is 12.1. The van der Waals surface area contributed by atoms with Crippen LogP contribution in [0.5, 0.6) is 0 Å². The molecule has 0 saturated carbocycles. The van der Waals surface area contributed by atoms with E-state index in [1.54, 1.807) is 18.2 Å². The maximum atomic E-state index is 13.6. The second kappa shape index (κ2) is 8.94. The van der Waals surface area contributed by atoms with E-state index in [1.165, 1.54) is 9.47 Å². The van der Waals surface area contributed by atoms with Crippen molar-refractivity contribution in [2.75, 3.05) is 17.2 Å². The fraction of sp³-hybridized carbons (Fsp3) is 0.435. The highest BCUT2D eigenvalue weighted by molar-refractivity contribution is 6.08. The Hall–Kier alpha value is -3.49. The molecule has 0 atom stereocenters.